The molecular formula is C19H18N4O6S. The second-order valence-electron chi connectivity index (χ2n) is 6.27. The largest absolute Gasteiger partial charge is 0.494 e. The maximum Gasteiger partial charge on any atom is 0.280 e. The van der Waals surface area contributed by atoms with Gasteiger partial charge in [0, 0.05) is 18.7 Å². The fourth-order valence-corrected chi connectivity index (χ4v) is 4.00. The predicted octanol–water partition coefficient (Wildman–Crippen LogP) is 4.07. The number of rotatable bonds is 7. The normalized spacial score (nSPS) is 11.6. The molecule has 0 fully saturated rings. The summed E-state index contributed by atoms with van der Waals surface area (Å²) in [6, 6.07) is 8.36. The van der Waals surface area contributed by atoms with Gasteiger partial charge in [-0.1, -0.05) is 18.3 Å². The Morgan fingerprint density at radius 3 is 2.33 bits per heavy atom. The highest BCUT2D eigenvalue weighted by atomic mass is 32.1. The summed E-state index contributed by atoms with van der Waals surface area (Å²) < 4.78 is 8.26. The van der Waals surface area contributed by atoms with Crippen LogP contribution in [0.2, 0.25) is 0 Å². The highest BCUT2D eigenvalue weighted by Gasteiger charge is 2.20. The van der Waals surface area contributed by atoms with Gasteiger partial charge in [0.05, 0.1) is 38.3 Å². The van der Waals surface area contributed by atoms with Crippen LogP contribution in [-0.2, 0) is 6.54 Å². The van der Waals surface area contributed by atoms with Crippen LogP contribution in [0.5, 0.6) is 5.75 Å². The van der Waals surface area contributed by atoms with Crippen LogP contribution in [0.3, 0.4) is 0 Å². The molecule has 3 aromatic rings. The van der Waals surface area contributed by atoms with Crippen molar-refractivity contribution in [3.05, 3.63) is 67.0 Å². The third kappa shape index (κ3) is 4.35. The minimum absolute atomic E-state index is 0.216. The number of amides is 1. The van der Waals surface area contributed by atoms with Crippen molar-refractivity contribution >= 4 is 38.8 Å². The number of non-ortho nitro benzene ring substituents is 2. The molecule has 0 radical (unpaired) electrons. The number of benzene rings is 2. The number of nitro benzene ring substituents is 2. The van der Waals surface area contributed by atoms with Crippen LogP contribution in [0.4, 0.5) is 11.4 Å². The Bertz CT molecular complexity index is 1180. The Kier molecular flexibility index (Phi) is 6.21. The summed E-state index contributed by atoms with van der Waals surface area (Å²) in [7, 11) is 0. The van der Waals surface area contributed by atoms with Gasteiger partial charge in [-0.15, -0.1) is 0 Å². The molecule has 0 aliphatic rings. The first kappa shape index (κ1) is 21.1. The molecule has 3 rings (SSSR count). The molecule has 11 heteroatoms. The first-order valence-electron chi connectivity index (χ1n) is 9.13. The fraction of sp³-hybridized carbons (Fsp3) is 0.263. The third-order valence-electron chi connectivity index (χ3n) is 4.18. The van der Waals surface area contributed by atoms with Crippen LogP contribution in [-0.4, -0.2) is 26.9 Å². The van der Waals surface area contributed by atoms with Gasteiger partial charge in [0.25, 0.3) is 17.3 Å². The zero-order valence-corrected chi connectivity index (χ0v) is 17.0. The van der Waals surface area contributed by atoms with E-state index in [1.54, 1.807) is 0 Å². The Morgan fingerprint density at radius 2 is 1.77 bits per heavy atom. The number of carbonyl (C=O) groups excluding carboxylic acids is 1. The summed E-state index contributed by atoms with van der Waals surface area (Å²) in [5.74, 6) is -0.0923. The molecule has 1 heterocycles. The minimum Gasteiger partial charge on any atom is -0.494 e. The molecular weight excluding hydrogens is 412 g/mol. The van der Waals surface area contributed by atoms with Crippen molar-refractivity contribution in [2.45, 2.75) is 26.8 Å². The standard InChI is InChI=1S/C19H18N4O6S/c1-3-7-21-16-6-5-15(29-4-2)11-17(16)30-19(21)20-18(24)12-8-13(22(25)26)10-14(9-12)23(27)28/h5-6,8-11H,3-4,7H2,1-2H3. The van der Waals surface area contributed by atoms with Crippen LogP contribution in [0.1, 0.15) is 30.6 Å². The summed E-state index contributed by atoms with van der Waals surface area (Å²) in [5, 5.41) is 22.2. The Morgan fingerprint density at radius 1 is 1.10 bits per heavy atom. The number of fused-ring (bicyclic) bond motifs is 1. The van der Waals surface area contributed by atoms with Gasteiger partial charge >= 0.3 is 0 Å². The summed E-state index contributed by atoms with van der Waals surface area (Å²) in [6.07, 6.45) is 0.794. The van der Waals surface area contributed by atoms with Crippen LogP contribution in [0.25, 0.3) is 10.2 Å². The van der Waals surface area contributed by atoms with E-state index in [9.17, 15) is 25.0 Å². The Balaban J connectivity index is 2.13. The number of carbonyl (C=O) groups is 1. The molecule has 0 spiro atoms. The molecule has 0 saturated heterocycles. The maximum absolute atomic E-state index is 12.7. The SMILES string of the molecule is CCCn1c(=NC(=O)c2cc([N+](=O)[O-])cc([N+](=O)[O-])c2)sc2cc(OCC)ccc21. The van der Waals surface area contributed by atoms with Crippen molar-refractivity contribution in [2.75, 3.05) is 6.61 Å². The first-order chi connectivity index (χ1) is 14.3. The Labute approximate surface area is 174 Å². The number of hydrogen-bond donors (Lipinski definition) is 0. The lowest BCUT2D eigenvalue weighted by Crippen LogP contribution is -2.17. The summed E-state index contributed by atoms with van der Waals surface area (Å²) >= 11 is 1.28. The molecule has 0 bridgehead atoms. The second kappa shape index (κ2) is 8.82. The van der Waals surface area contributed by atoms with Crippen molar-refractivity contribution in [3.63, 3.8) is 0 Å². The van der Waals surface area contributed by atoms with Gasteiger partial charge in [-0.05, 0) is 31.5 Å². The van der Waals surface area contributed by atoms with E-state index in [0.717, 1.165) is 34.8 Å². The number of thiazole rings is 1. The topological polar surface area (TPSA) is 130 Å². The highest BCUT2D eigenvalue weighted by Crippen LogP contribution is 2.25. The molecule has 30 heavy (non-hydrogen) atoms. The number of aryl methyl sites for hydroxylation is 1. The van der Waals surface area contributed by atoms with E-state index in [1.165, 1.54) is 11.3 Å². The molecule has 2 aromatic carbocycles. The van der Waals surface area contributed by atoms with E-state index in [-0.39, 0.29) is 5.56 Å². The predicted molar refractivity (Wildman–Crippen MR) is 111 cm³/mol. The van der Waals surface area contributed by atoms with Gasteiger partial charge in [0.15, 0.2) is 4.80 Å². The quantitative estimate of drug-likeness (QED) is 0.410. The number of ether oxygens (including phenoxy) is 1. The lowest BCUT2D eigenvalue weighted by Gasteiger charge is -2.05. The van der Waals surface area contributed by atoms with E-state index < -0.39 is 27.1 Å². The van der Waals surface area contributed by atoms with Gasteiger partial charge < -0.3 is 9.30 Å². The second-order valence-corrected chi connectivity index (χ2v) is 7.28. The van der Waals surface area contributed by atoms with E-state index in [1.807, 2.05) is 36.6 Å². The van der Waals surface area contributed by atoms with E-state index in [4.69, 9.17) is 4.74 Å². The van der Waals surface area contributed by atoms with E-state index in [2.05, 4.69) is 4.99 Å². The average Bonchev–Trinajstić information content (AvgIpc) is 3.04. The van der Waals surface area contributed by atoms with Gasteiger partial charge in [-0.3, -0.25) is 25.0 Å². The van der Waals surface area contributed by atoms with Crippen LogP contribution in [0, 0.1) is 20.2 Å². The molecule has 0 atom stereocenters. The highest BCUT2D eigenvalue weighted by molar-refractivity contribution is 7.16. The van der Waals surface area contributed by atoms with Gasteiger partial charge in [-0.25, -0.2) is 0 Å². The molecule has 1 aromatic heterocycles. The van der Waals surface area contributed by atoms with Crippen molar-refractivity contribution in [1.29, 1.82) is 0 Å². The molecule has 0 saturated carbocycles. The van der Waals surface area contributed by atoms with Crippen LogP contribution >= 0.6 is 11.3 Å². The van der Waals surface area contributed by atoms with Gasteiger partial charge in [-0.2, -0.15) is 4.99 Å². The van der Waals surface area contributed by atoms with Crippen LogP contribution < -0.4 is 9.54 Å². The monoisotopic (exact) mass is 430 g/mol. The average molecular weight is 430 g/mol. The summed E-state index contributed by atoms with van der Waals surface area (Å²) in [5.41, 5.74) is -0.419. The molecule has 0 aliphatic carbocycles. The third-order valence-corrected chi connectivity index (χ3v) is 5.22. The minimum atomic E-state index is -0.789. The van der Waals surface area contributed by atoms with Gasteiger partial charge in [0.2, 0.25) is 0 Å². The zero-order valence-electron chi connectivity index (χ0n) is 16.2. The van der Waals surface area contributed by atoms with Crippen molar-refractivity contribution in [3.8, 4) is 5.75 Å². The number of nitrogens with zero attached hydrogens (tertiary/aromatic N) is 4. The molecule has 0 N–H and O–H groups in total. The lowest BCUT2D eigenvalue weighted by molar-refractivity contribution is -0.394. The Hall–Kier alpha value is -3.60. The smallest absolute Gasteiger partial charge is 0.280 e. The van der Waals surface area contributed by atoms with Crippen molar-refractivity contribution in [1.82, 2.24) is 4.57 Å². The first-order valence-corrected chi connectivity index (χ1v) is 9.94. The molecule has 0 unspecified atom stereocenters. The summed E-state index contributed by atoms with van der Waals surface area (Å²) in [4.78, 5) is 37.8. The lowest BCUT2D eigenvalue weighted by atomic mass is 10.1. The van der Waals surface area contributed by atoms with Gasteiger partial charge in [0.1, 0.15) is 5.75 Å². The van der Waals surface area contributed by atoms with Crippen LogP contribution in [0.15, 0.2) is 41.4 Å². The molecule has 1 amide bonds. The van der Waals surface area contributed by atoms with E-state index in [0.29, 0.717) is 23.7 Å². The van der Waals surface area contributed by atoms with Crippen molar-refractivity contribution < 1.29 is 19.4 Å². The fourth-order valence-electron chi connectivity index (χ4n) is 2.92. The number of aromatic nitrogens is 1. The molecule has 10 nitrogen and oxygen atoms in total. The maximum atomic E-state index is 12.7. The molecule has 0 aliphatic heterocycles. The summed E-state index contributed by atoms with van der Waals surface area (Å²) in [6.45, 7) is 5.00. The number of hydrogen-bond acceptors (Lipinski definition) is 7. The molecule has 156 valence electrons. The number of nitro groups is 2. The van der Waals surface area contributed by atoms with E-state index >= 15 is 0 Å². The zero-order chi connectivity index (χ0) is 21.8. The van der Waals surface area contributed by atoms with Crippen molar-refractivity contribution in [2.24, 2.45) is 4.99 Å².